The standard InChI is InChI=1S/C15H14ClNO3/c1-10-3-4-11(2)15(7-10)20-9-12-5-6-13(16)8-14(12)17(18)19/h3-8H,9H2,1-2H3. The normalized spacial score (nSPS) is 10.3. The molecule has 0 amide bonds. The Morgan fingerprint density at radius 1 is 1.20 bits per heavy atom. The van der Waals surface area contributed by atoms with Gasteiger partial charge in [-0.25, -0.2) is 0 Å². The van der Waals surface area contributed by atoms with Crippen molar-refractivity contribution in [2.45, 2.75) is 20.5 Å². The SMILES string of the molecule is Cc1ccc(C)c(OCc2ccc(Cl)cc2[N+](=O)[O-])c1. The summed E-state index contributed by atoms with van der Waals surface area (Å²) in [6, 6.07) is 10.4. The highest BCUT2D eigenvalue weighted by molar-refractivity contribution is 6.30. The largest absolute Gasteiger partial charge is 0.488 e. The van der Waals surface area contributed by atoms with E-state index >= 15 is 0 Å². The van der Waals surface area contributed by atoms with E-state index in [1.807, 2.05) is 32.0 Å². The van der Waals surface area contributed by atoms with Crippen LogP contribution in [0.1, 0.15) is 16.7 Å². The Hall–Kier alpha value is -2.07. The minimum absolute atomic E-state index is 0.0252. The van der Waals surface area contributed by atoms with Crippen molar-refractivity contribution in [1.82, 2.24) is 0 Å². The lowest BCUT2D eigenvalue weighted by atomic mass is 10.1. The van der Waals surface area contributed by atoms with Gasteiger partial charge in [0.15, 0.2) is 0 Å². The minimum atomic E-state index is -0.451. The number of hydrogen-bond donors (Lipinski definition) is 0. The Kier molecular flexibility index (Phi) is 4.25. The van der Waals surface area contributed by atoms with Crippen LogP contribution in [0, 0.1) is 24.0 Å². The fraction of sp³-hybridized carbons (Fsp3) is 0.200. The maximum absolute atomic E-state index is 11.0. The average Bonchev–Trinajstić information content (AvgIpc) is 2.40. The predicted molar refractivity (Wildman–Crippen MR) is 78.4 cm³/mol. The third-order valence-electron chi connectivity index (χ3n) is 2.97. The second kappa shape index (κ2) is 5.92. The Labute approximate surface area is 122 Å². The lowest BCUT2D eigenvalue weighted by Gasteiger charge is -2.10. The van der Waals surface area contributed by atoms with Crippen LogP contribution in [-0.4, -0.2) is 4.92 Å². The molecule has 5 heteroatoms. The van der Waals surface area contributed by atoms with Gasteiger partial charge >= 0.3 is 0 Å². The van der Waals surface area contributed by atoms with Gasteiger partial charge in [-0.05, 0) is 43.2 Å². The summed E-state index contributed by atoms with van der Waals surface area (Å²) in [6.45, 7) is 4.04. The Morgan fingerprint density at radius 3 is 2.65 bits per heavy atom. The van der Waals surface area contributed by atoms with E-state index < -0.39 is 4.92 Å². The third kappa shape index (κ3) is 3.27. The van der Waals surface area contributed by atoms with Crippen molar-refractivity contribution in [3.63, 3.8) is 0 Å². The quantitative estimate of drug-likeness (QED) is 0.618. The molecule has 0 saturated heterocycles. The number of nitrogens with zero attached hydrogens (tertiary/aromatic N) is 1. The fourth-order valence-corrected chi connectivity index (χ4v) is 2.01. The van der Waals surface area contributed by atoms with Crippen molar-refractivity contribution in [3.05, 3.63) is 68.2 Å². The lowest BCUT2D eigenvalue weighted by Crippen LogP contribution is -2.01. The molecule has 0 fully saturated rings. The molecule has 4 nitrogen and oxygen atoms in total. The van der Waals surface area contributed by atoms with Gasteiger partial charge in [-0.2, -0.15) is 0 Å². The number of ether oxygens (including phenoxy) is 1. The summed E-state index contributed by atoms with van der Waals surface area (Å²) in [5, 5.41) is 11.3. The smallest absolute Gasteiger partial charge is 0.277 e. The highest BCUT2D eigenvalue weighted by Gasteiger charge is 2.15. The highest BCUT2D eigenvalue weighted by atomic mass is 35.5. The number of halogens is 1. The number of nitro groups is 1. The molecule has 0 saturated carbocycles. The van der Waals surface area contributed by atoms with Crippen LogP contribution in [0.15, 0.2) is 36.4 Å². The molecular formula is C15H14ClNO3. The Bertz CT molecular complexity index is 656. The molecule has 20 heavy (non-hydrogen) atoms. The van der Waals surface area contributed by atoms with Crippen LogP contribution in [0.4, 0.5) is 5.69 Å². The van der Waals surface area contributed by atoms with Gasteiger partial charge in [0, 0.05) is 11.1 Å². The summed E-state index contributed by atoms with van der Waals surface area (Å²) in [4.78, 5) is 10.5. The molecule has 0 unspecified atom stereocenters. The summed E-state index contributed by atoms with van der Waals surface area (Å²) in [5.41, 5.74) is 2.55. The van der Waals surface area contributed by atoms with Crippen LogP contribution in [0.5, 0.6) is 5.75 Å². The number of rotatable bonds is 4. The first-order valence-electron chi connectivity index (χ1n) is 6.10. The molecule has 2 aromatic rings. The van der Waals surface area contributed by atoms with Crippen LogP contribution in [0.25, 0.3) is 0 Å². The van der Waals surface area contributed by atoms with Crippen molar-refractivity contribution in [3.8, 4) is 5.75 Å². The number of aryl methyl sites for hydroxylation is 2. The van der Waals surface area contributed by atoms with Crippen LogP contribution < -0.4 is 4.74 Å². The molecule has 0 atom stereocenters. The van der Waals surface area contributed by atoms with Gasteiger partial charge in [-0.1, -0.05) is 23.7 Å². The molecule has 2 rings (SSSR count). The van der Waals surface area contributed by atoms with Gasteiger partial charge in [0.25, 0.3) is 5.69 Å². The summed E-state index contributed by atoms with van der Waals surface area (Å²) in [7, 11) is 0. The van der Waals surface area contributed by atoms with E-state index in [1.165, 1.54) is 6.07 Å². The van der Waals surface area contributed by atoms with Gasteiger partial charge in [-0.15, -0.1) is 0 Å². The second-order valence-corrected chi connectivity index (χ2v) is 5.02. The summed E-state index contributed by atoms with van der Waals surface area (Å²) in [5.74, 6) is 0.731. The maximum Gasteiger partial charge on any atom is 0.277 e. The van der Waals surface area contributed by atoms with E-state index in [0.29, 0.717) is 10.6 Å². The van der Waals surface area contributed by atoms with Crippen molar-refractivity contribution in [1.29, 1.82) is 0 Å². The number of nitro benzene ring substituents is 1. The predicted octanol–water partition coefficient (Wildman–Crippen LogP) is 4.44. The van der Waals surface area contributed by atoms with E-state index in [9.17, 15) is 10.1 Å². The van der Waals surface area contributed by atoms with E-state index in [0.717, 1.165) is 16.9 Å². The average molecular weight is 292 g/mol. The number of benzene rings is 2. The summed E-state index contributed by atoms with van der Waals surface area (Å²) in [6.07, 6.45) is 0. The van der Waals surface area contributed by atoms with Crippen LogP contribution in [-0.2, 0) is 6.61 Å². The second-order valence-electron chi connectivity index (χ2n) is 4.59. The van der Waals surface area contributed by atoms with Gasteiger partial charge in [0.05, 0.1) is 10.5 Å². The van der Waals surface area contributed by atoms with Crippen molar-refractivity contribution in [2.75, 3.05) is 0 Å². The zero-order valence-corrected chi connectivity index (χ0v) is 12.0. The first-order valence-corrected chi connectivity index (χ1v) is 6.48. The topological polar surface area (TPSA) is 52.4 Å². The molecule has 0 spiro atoms. The van der Waals surface area contributed by atoms with Gasteiger partial charge in [0.1, 0.15) is 12.4 Å². The molecule has 0 bridgehead atoms. The maximum atomic E-state index is 11.0. The van der Waals surface area contributed by atoms with E-state index in [1.54, 1.807) is 12.1 Å². The summed E-state index contributed by atoms with van der Waals surface area (Å²) >= 11 is 5.78. The van der Waals surface area contributed by atoms with E-state index in [2.05, 4.69) is 0 Å². The van der Waals surface area contributed by atoms with Crippen LogP contribution >= 0.6 is 11.6 Å². The molecule has 104 valence electrons. The molecule has 0 heterocycles. The zero-order valence-electron chi connectivity index (χ0n) is 11.2. The zero-order chi connectivity index (χ0) is 14.7. The Morgan fingerprint density at radius 2 is 1.95 bits per heavy atom. The summed E-state index contributed by atoms with van der Waals surface area (Å²) < 4.78 is 5.69. The third-order valence-corrected chi connectivity index (χ3v) is 3.21. The molecule has 0 N–H and O–H groups in total. The molecule has 0 aliphatic carbocycles. The fourth-order valence-electron chi connectivity index (χ4n) is 1.85. The van der Waals surface area contributed by atoms with Gasteiger partial charge in [-0.3, -0.25) is 10.1 Å². The molecular weight excluding hydrogens is 278 g/mol. The number of hydrogen-bond acceptors (Lipinski definition) is 3. The van der Waals surface area contributed by atoms with E-state index in [-0.39, 0.29) is 12.3 Å². The van der Waals surface area contributed by atoms with Crippen molar-refractivity contribution >= 4 is 17.3 Å². The van der Waals surface area contributed by atoms with Gasteiger partial charge < -0.3 is 4.74 Å². The molecule has 0 aliphatic heterocycles. The lowest BCUT2D eigenvalue weighted by molar-refractivity contribution is -0.385. The molecule has 0 aliphatic rings. The van der Waals surface area contributed by atoms with Crippen LogP contribution in [0.3, 0.4) is 0 Å². The molecule has 0 radical (unpaired) electrons. The van der Waals surface area contributed by atoms with Crippen molar-refractivity contribution < 1.29 is 9.66 Å². The minimum Gasteiger partial charge on any atom is -0.488 e. The first-order chi connectivity index (χ1) is 9.47. The first kappa shape index (κ1) is 14.3. The molecule has 2 aromatic carbocycles. The monoisotopic (exact) mass is 291 g/mol. The Balaban J connectivity index is 2.23. The highest BCUT2D eigenvalue weighted by Crippen LogP contribution is 2.26. The molecule has 0 aromatic heterocycles. The van der Waals surface area contributed by atoms with Gasteiger partial charge in [0.2, 0.25) is 0 Å². The van der Waals surface area contributed by atoms with E-state index in [4.69, 9.17) is 16.3 Å². The van der Waals surface area contributed by atoms with Crippen LogP contribution in [0.2, 0.25) is 5.02 Å². The van der Waals surface area contributed by atoms with Crippen molar-refractivity contribution in [2.24, 2.45) is 0 Å².